The molecule has 0 aliphatic rings. The predicted molar refractivity (Wildman–Crippen MR) is 79.2 cm³/mol. The second-order valence-electron chi connectivity index (χ2n) is 5.15. The number of hydrogen-bond donors (Lipinski definition) is 2. The Morgan fingerprint density at radius 3 is 2.43 bits per heavy atom. The van der Waals surface area contributed by atoms with E-state index in [1.165, 1.54) is 12.1 Å². The van der Waals surface area contributed by atoms with Crippen LogP contribution in [0.4, 0.5) is 4.39 Å². The van der Waals surface area contributed by atoms with Crippen LogP contribution in [-0.4, -0.2) is 34.2 Å². The first-order chi connectivity index (χ1) is 9.66. The molecule has 118 valence electrons. The lowest BCUT2D eigenvalue weighted by molar-refractivity contribution is -0.125. The summed E-state index contributed by atoms with van der Waals surface area (Å²) in [7, 11) is -1.83. The van der Waals surface area contributed by atoms with Gasteiger partial charge in [0.1, 0.15) is 10.7 Å². The Morgan fingerprint density at radius 2 is 1.95 bits per heavy atom. The molecule has 1 aromatic rings. The molecule has 2 atom stereocenters. The van der Waals surface area contributed by atoms with Gasteiger partial charge in [-0.25, -0.2) is 12.8 Å². The van der Waals surface area contributed by atoms with Crippen molar-refractivity contribution in [3.63, 3.8) is 0 Å². The summed E-state index contributed by atoms with van der Waals surface area (Å²) in [4.78, 5) is 11.5. The standard InChI is InChI=1S/C14H21FN2O3S/c1-9(8-16-3)14(18)17-10(2)11-5-6-13(12(15)7-11)21(4,19)20/h5-7,9-10,16H,8H2,1-4H3,(H,17,18). The molecular formula is C14H21FN2O3S. The van der Waals surface area contributed by atoms with Gasteiger partial charge in [0.05, 0.1) is 6.04 Å². The maximum Gasteiger partial charge on any atom is 0.224 e. The second kappa shape index (κ2) is 7.00. The van der Waals surface area contributed by atoms with Gasteiger partial charge in [-0.1, -0.05) is 13.0 Å². The molecule has 0 spiro atoms. The van der Waals surface area contributed by atoms with Crippen LogP contribution in [-0.2, 0) is 14.6 Å². The average Bonchev–Trinajstić information content (AvgIpc) is 2.37. The molecule has 0 saturated carbocycles. The Hall–Kier alpha value is -1.47. The van der Waals surface area contributed by atoms with Gasteiger partial charge in [-0.15, -0.1) is 0 Å². The Balaban J connectivity index is 2.87. The van der Waals surface area contributed by atoms with Crippen LogP contribution in [0.2, 0.25) is 0 Å². The van der Waals surface area contributed by atoms with Crippen LogP contribution in [0, 0.1) is 11.7 Å². The van der Waals surface area contributed by atoms with E-state index in [2.05, 4.69) is 10.6 Å². The zero-order valence-corrected chi connectivity index (χ0v) is 13.4. The zero-order valence-electron chi connectivity index (χ0n) is 12.6. The first kappa shape index (κ1) is 17.6. The molecule has 7 heteroatoms. The van der Waals surface area contributed by atoms with Crippen LogP contribution in [0.1, 0.15) is 25.5 Å². The minimum atomic E-state index is -3.59. The van der Waals surface area contributed by atoms with Gasteiger partial charge in [0.2, 0.25) is 5.91 Å². The van der Waals surface area contributed by atoms with Gasteiger partial charge in [-0.05, 0) is 31.7 Å². The molecule has 5 nitrogen and oxygen atoms in total. The van der Waals surface area contributed by atoms with E-state index in [0.29, 0.717) is 12.1 Å². The first-order valence-corrected chi connectivity index (χ1v) is 8.50. The maximum absolute atomic E-state index is 13.8. The molecule has 1 amide bonds. The fourth-order valence-electron chi connectivity index (χ4n) is 1.93. The minimum absolute atomic E-state index is 0.149. The molecule has 1 aromatic carbocycles. The highest BCUT2D eigenvalue weighted by molar-refractivity contribution is 7.90. The average molecular weight is 316 g/mol. The predicted octanol–water partition coefficient (Wildman–Crippen LogP) is 1.26. The zero-order chi connectivity index (χ0) is 16.2. The molecule has 0 saturated heterocycles. The van der Waals surface area contributed by atoms with Crippen molar-refractivity contribution in [2.45, 2.75) is 24.8 Å². The SMILES string of the molecule is CNCC(C)C(=O)NC(C)c1ccc(S(C)(=O)=O)c(F)c1. The molecule has 0 heterocycles. The molecule has 1 rings (SSSR count). The molecule has 0 aromatic heterocycles. The topological polar surface area (TPSA) is 75.3 Å². The summed E-state index contributed by atoms with van der Waals surface area (Å²) < 4.78 is 36.5. The van der Waals surface area contributed by atoms with E-state index in [4.69, 9.17) is 0 Å². The number of carbonyl (C=O) groups is 1. The van der Waals surface area contributed by atoms with Crippen LogP contribution in [0.25, 0.3) is 0 Å². The van der Waals surface area contributed by atoms with E-state index < -0.39 is 21.7 Å². The Kier molecular flexibility index (Phi) is 5.86. The molecule has 0 bridgehead atoms. The minimum Gasteiger partial charge on any atom is -0.349 e. The lowest BCUT2D eigenvalue weighted by Crippen LogP contribution is -2.35. The Labute approximate surface area is 124 Å². The first-order valence-electron chi connectivity index (χ1n) is 6.61. The van der Waals surface area contributed by atoms with Gasteiger partial charge in [-0.3, -0.25) is 4.79 Å². The summed E-state index contributed by atoms with van der Waals surface area (Å²) in [6.45, 7) is 4.05. The molecule has 0 aliphatic carbocycles. The van der Waals surface area contributed by atoms with Crippen molar-refractivity contribution in [1.82, 2.24) is 10.6 Å². The summed E-state index contributed by atoms with van der Waals surface area (Å²) in [5.74, 6) is -1.17. The van der Waals surface area contributed by atoms with E-state index in [0.717, 1.165) is 12.3 Å². The molecule has 0 fully saturated rings. The van der Waals surface area contributed by atoms with Crippen molar-refractivity contribution < 1.29 is 17.6 Å². The highest BCUT2D eigenvalue weighted by Gasteiger charge is 2.18. The molecule has 2 N–H and O–H groups in total. The van der Waals surface area contributed by atoms with E-state index in [9.17, 15) is 17.6 Å². The lowest BCUT2D eigenvalue weighted by Gasteiger charge is -2.18. The number of sulfone groups is 1. The summed E-state index contributed by atoms with van der Waals surface area (Å²) in [6, 6.07) is 3.47. The van der Waals surface area contributed by atoms with Crippen molar-refractivity contribution in [3.8, 4) is 0 Å². The Bertz CT molecular complexity index is 617. The van der Waals surface area contributed by atoms with E-state index >= 15 is 0 Å². The highest BCUT2D eigenvalue weighted by atomic mass is 32.2. The fourth-order valence-corrected chi connectivity index (χ4v) is 2.65. The highest BCUT2D eigenvalue weighted by Crippen LogP contribution is 2.20. The smallest absolute Gasteiger partial charge is 0.224 e. The molecule has 2 unspecified atom stereocenters. The van der Waals surface area contributed by atoms with Crippen molar-refractivity contribution in [2.75, 3.05) is 19.8 Å². The number of amides is 1. The van der Waals surface area contributed by atoms with Crippen LogP contribution in [0.5, 0.6) is 0 Å². The summed E-state index contributed by atoms with van der Waals surface area (Å²) in [5.41, 5.74) is 0.518. The third kappa shape index (κ3) is 4.78. The van der Waals surface area contributed by atoms with Crippen molar-refractivity contribution >= 4 is 15.7 Å². The van der Waals surface area contributed by atoms with Gasteiger partial charge in [0.15, 0.2) is 9.84 Å². The second-order valence-corrected chi connectivity index (χ2v) is 7.14. The molecular weight excluding hydrogens is 295 g/mol. The number of rotatable bonds is 6. The number of carbonyl (C=O) groups excluding carboxylic acids is 1. The molecule has 21 heavy (non-hydrogen) atoms. The van der Waals surface area contributed by atoms with Gasteiger partial charge < -0.3 is 10.6 Å². The number of nitrogens with one attached hydrogen (secondary N) is 2. The van der Waals surface area contributed by atoms with Gasteiger partial charge in [0.25, 0.3) is 0 Å². The molecule has 0 aliphatic heterocycles. The van der Waals surface area contributed by atoms with E-state index in [-0.39, 0.29) is 16.7 Å². The van der Waals surface area contributed by atoms with Crippen molar-refractivity contribution in [1.29, 1.82) is 0 Å². The maximum atomic E-state index is 13.8. The van der Waals surface area contributed by atoms with E-state index in [1.54, 1.807) is 20.9 Å². The third-order valence-electron chi connectivity index (χ3n) is 3.17. The van der Waals surface area contributed by atoms with Gasteiger partial charge in [0, 0.05) is 18.7 Å². The summed E-state index contributed by atoms with van der Waals surface area (Å²) in [5, 5.41) is 5.68. The van der Waals surface area contributed by atoms with Crippen LogP contribution in [0.15, 0.2) is 23.1 Å². The number of halogens is 1. The number of benzene rings is 1. The fraction of sp³-hybridized carbons (Fsp3) is 0.500. The van der Waals surface area contributed by atoms with Crippen molar-refractivity contribution in [2.24, 2.45) is 5.92 Å². The lowest BCUT2D eigenvalue weighted by atomic mass is 10.1. The third-order valence-corrected chi connectivity index (χ3v) is 4.30. The largest absolute Gasteiger partial charge is 0.349 e. The normalized spacial score (nSPS) is 14.5. The van der Waals surface area contributed by atoms with Gasteiger partial charge >= 0.3 is 0 Å². The summed E-state index contributed by atoms with van der Waals surface area (Å²) in [6.07, 6.45) is 0.954. The monoisotopic (exact) mass is 316 g/mol. The van der Waals surface area contributed by atoms with Crippen molar-refractivity contribution in [3.05, 3.63) is 29.6 Å². The van der Waals surface area contributed by atoms with E-state index in [1.807, 2.05) is 0 Å². The van der Waals surface area contributed by atoms with Crippen LogP contribution < -0.4 is 10.6 Å². The Morgan fingerprint density at radius 1 is 1.33 bits per heavy atom. The van der Waals surface area contributed by atoms with Crippen LogP contribution in [0.3, 0.4) is 0 Å². The molecule has 0 radical (unpaired) electrons. The van der Waals surface area contributed by atoms with Gasteiger partial charge in [-0.2, -0.15) is 0 Å². The quantitative estimate of drug-likeness (QED) is 0.828. The number of hydrogen-bond acceptors (Lipinski definition) is 4. The summed E-state index contributed by atoms with van der Waals surface area (Å²) >= 11 is 0. The van der Waals surface area contributed by atoms with Crippen LogP contribution >= 0.6 is 0 Å².